The molecule has 1 aromatic heterocycles. The molecule has 0 radical (unpaired) electrons. The van der Waals surface area contributed by atoms with Gasteiger partial charge in [-0.1, -0.05) is 37.3 Å². The van der Waals surface area contributed by atoms with E-state index < -0.39 is 11.6 Å². The van der Waals surface area contributed by atoms with Crippen LogP contribution < -0.4 is 27.3 Å². The lowest BCUT2D eigenvalue weighted by Crippen LogP contribution is -2.53. The third kappa shape index (κ3) is 4.57. The molecule has 9 heteroatoms. The smallest absolute Gasteiger partial charge is 0.262 e. The van der Waals surface area contributed by atoms with Gasteiger partial charge in [-0.05, 0) is 86.3 Å². The normalized spacial score (nSPS) is 22.4. The van der Waals surface area contributed by atoms with E-state index in [1.54, 1.807) is 12.1 Å². The summed E-state index contributed by atoms with van der Waals surface area (Å²) in [5.74, 6) is 0.854. The summed E-state index contributed by atoms with van der Waals surface area (Å²) in [7, 11) is 2.05. The predicted octanol–water partition coefficient (Wildman–Crippen LogP) is 4.76. The van der Waals surface area contributed by atoms with Crippen molar-refractivity contribution in [1.82, 2.24) is 10.2 Å². The monoisotopic (exact) mass is 583 g/mol. The number of nitrogen functional groups attached to an aromatic ring is 1. The number of hydrogen-bond acceptors (Lipinski definition) is 8. The number of likely N-dealkylation sites (tertiary alicyclic amines) is 1. The lowest BCUT2D eigenvalue weighted by atomic mass is 9.69. The fraction of sp³-hybridized carbons (Fsp3) is 0.333. The van der Waals surface area contributed by atoms with Crippen molar-refractivity contribution in [2.24, 2.45) is 11.5 Å². The van der Waals surface area contributed by atoms with Crippen LogP contribution in [0.5, 0.6) is 11.5 Å². The molecule has 3 aromatic carbocycles. The van der Waals surface area contributed by atoms with Crippen LogP contribution in [0.1, 0.15) is 63.3 Å². The third-order valence-electron chi connectivity index (χ3n) is 8.68. The third-order valence-corrected chi connectivity index (χ3v) is 9.94. The van der Waals surface area contributed by atoms with Crippen LogP contribution in [0, 0.1) is 6.92 Å². The predicted molar refractivity (Wildman–Crippen MR) is 168 cm³/mol. The van der Waals surface area contributed by atoms with E-state index in [-0.39, 0.29) is 17.7 Å². The molecule has 2 aliphatic rings. The number of nitrogens with two attached hydrogens (primary N) is 3. The number of carbonyl (C=O) groups excluding carboxylic acids is 2. The molecule has 0 bridgehead atoms. The number of amides is 1. The van der Waals surface area contributed by atoms with Gasteiger partial charge < -0.3 is 32.2 Å². The molecule has 2 heterocycles. The summed E-state index contributed by atoms with van der Waals surface area (Å²) in [6.07, 6.45) is 2.77. The maximum Gasteiger partial charge on any atom is 0.262 e. The number of para-hydroxylation sites is 1. The number of nitrogens with zero attached hydrogens (tertiary/aromatic N) is 1. The van der Waals surface area contributed by atoms with Gasteiger partial charge >= 0.3 is 0 Å². The van der Waals surface area contributed by atoms with Crippen LogP contribution in [0.4, 0.5) is 5.69 Å². The first-order valence-corrected chi connectivity index (χ1v) is 15.3. The van der Waals surface area contributed by atoms with Crippen LogP contribution in [0.25, 0.3) is 10.1 Å². The number of hydrogen-bond donors (Lipinski definition) is 4. The van der Waals surface area contributed by atoms with Crippen LogP contribution in [0.2, 0.25) is 0 Å². The van der Waals surface area contributed by atoms with E-state index in [1.807, 2.05) is 49.4 Å². The standard InChI is InChI=1S/C33H37N5O3S/c1-4-19-8-5-6-10-25(19)41-21-11-12-22(18(2)16-21)33(36)23-13-14-24(34)29-26(23)27(28(35)31(33)39)30(42-29)32(40)37-20-9-7-15-38(3)17-20/h5-6,8,10-14,16,20,28H,4,7,9,15,17,34-36H2,1-3H3,(H,37,40). The van der Waals surface area contributed by atoms with Crippen molar-refractivity contribution in [3.05, 3.63) is 87.3 Å². The number of thiophene rings is 1. The van der Waals surface area contributed by atoms with Crippen molar-refractivity contribution >= 4 is 38.8 Å². The van der Waals surface area contributed by atoms with Crippen LogP contribution in [0.3, 0.4) is 0 Å². The van der Waals surface area contributed by atoms with Crippen molar-refractivity contribution in [2.45, 2.75) is 50.7 Å². The maximum atomic E-state index is 14.2. The molecule has 1 amide bonds. The Balaban J connectivity index is 1.42. The van der Waals surface area contributed by atoms with Gasteiger partial charge in [0.2, 0.25) is 0 Å². The van der Waals surface area contributed by atoms with Crippen LogP contribution >= 0.6 is 11.3 Å². The van der Waals surface area contributed by atoms with Gasteiger partial charge in [0.1, 0.15) is 17.0 Å². The van der Waals surface area contributed by atoms with E-state index in [0.29, 0.717) is 38.4 Å². The minimum absolute atomic E-state index is 0.0299. The molecule has 0 saturated carbocycles. The zero-order chi connectivity index (χ0) is 29.8. The lowest BCUT2D eigenvalue weighted by molar-refractivity contribution is -0.124. The van der Waals surface area contributed by atoms with Gasteiger partial charge in [-0.2, -0.15) is 0 Å². The number of piperidine rings is 1. The van der Waals surface area contributed by atoms with Gasteiger partial charge in [-0.3, -0.25) is 9.59 Å². The van der Waals surface area contributed by atoms with Crippen LogP contribution in [-0.2, 0) is 16.8 Å². The first kappa shape index (κ1) is 28.4. The maximum absolute atomic E-state index is 14.2. The molecule has 0 spiro atoms. The summed E-state index contributed by atoms with van der Waals surface area (Å²) < 4.78 is 6.94. The van der Waals surface area contributed by atoms with Crippen molar-refractivity contribution in [1.29, 1.82) is 0 Å². The Morgan fingerprint density at radius 2 is 1.93 bits per heavy atom. The number of nitrogens with one attached hydrogen (secondary N) is 1. The number of carbonyl (C=O) groups is 2. The highest BCUT2D eigenvalue weighted by Crippen LogP contribution is 2.50. The Bertz CT molecular complexity index is 1720. The largest absolute Gasteiger partial charge is 0.457 e. The quantitative estimate of drug-likeness (QED) is 0.240. The molecule has 4 aromatic rings. The number of anilines is 1. The Labute approximate surface area is 249 Å². The van der Waals surface area contributed by atoms with Crippen molar-refractivity contribution in [3.8, 4) is 11.5 Å². The average Bonchev–Trinajstić information content (AvgIpc) is 3.38. The molecule has 1 aliphatic heterocycles. The molecule has 3 atom stereocenters. The van der Waals surface area contributed by atoms with Gasteiger partial charge in [0.05, 0.1) is 15.6 Å². The molecule has 218 valence electrons. The molecule has 42 heavy (non-hydrogen) atoms. The summed E-state index contributed by atoms with van der Waals surface area (Å²) in [6.45, 7) is 5.79. The van der Waals surface area contributed by atoms with Gasteiger partial charge in [0.15, 0.2) is 5.78 Å². The minimum Gasteiger partial charge on any atom is -0.457 e. The van der Waals surface area contributed by atoms with E-state index >= 15 is 0 Å². The number of ether oxygens (including phenoxy) is 1. The molecule has 7 N–H and O–H groups in total. The zero-order valence-corrected chi connectivity index (χ0v) is 25.0. The summed E-state index contributed by atoms with van der Waals surface area (Å²) in [5.41, 5.74) is 22.9. The highest BCUT2D eigenvalue weighted by atomic mass is 32.1. The van der Waals surface area contributed by atoms with Crippen molar-refractivity contribution in [3.63, 3.8) is 0 Å². The van der Waals surface area contributed by atoms with E-state index in [9.17, 15) is 9.59 Å². The number of ketones is 1. The van der Waals surface area contributed by atoms with Crippen molar-refractivity contribution < 1.29 is 14.3 Å². The highest BCUT2D eigenvalue weighted by Gasteiger charge is 2.49. The van der Waals surface area contributed by atoms with Gasteiger partial charge in [0.25, 0.3) is 5.91 Å². The first-order valence-electron chi connectivity index (χ1n) is 14.4. The SMILES string of the molecule is CCc1ccccc1Oc1ccc(C2(N)C(=O)C(N)c3c(C(=O)NC4CCCN(C)C4)sc4c(N)ccc2c34)c(C)c1. The molecule has 1 saturated heterocycles. The molecular weight excluding hydrogens is 546 g/mol. The fourth-order valence-electron chi connectivity index (χ4n) is 6.53. The Hall–Kier alpha value is -3.76. The number of likely N-dealkylation sites (N-methyl/N-ethyl adjacent to an activating group) is 1. The number of benzene rings is 3. The van der Waals surface area contributed by atoms with Crippen LogP contribution in [0.15, 0.2) is 54.6 Å². The van der Waals surface area contributed by atoms with E-state index in [2.05, 4.69) is 24.2 Å². The molecule has 8 nitrogen and oxygen atoms in total. The Morgan fingerprint density at radius 3 is 2.67 bits per heavy atom. The first-order chi connectivity index (χ1) is 20.1. The molecule has 1 fully saturated rings. The summed E-state index contributed by atoms with van der Waals surface area (Å²) >= 11 is 1.28. The van der Waals surface area contributed by atoms with Gasteiger partial charge in [0, 0.05) is 29.2 Å². The molecular formula is C33H37N5O3S. The average molecular weight is 584 g/mol. The summed E-state index contributed by atoms with van der Waals surface area (Å²) in [6, 6.07) is 16.0. The number of rotatable bonds is 6. The Morgan fingerprint density at radius 1 is 1.17 bits per heavy atom. The summed E-state index contributed by atoms with van der Waals surface area (Å²) in [4.78, 5) is 30.5. The summed E-state index contributed by atoms with van der Waals surface area (Å²) in [5, 5.41) is 3.88. The minimum atomic E-state index is -1.52. The molecule has 3 unspecified atom stereocenters. The lowest BCUT2D eigenvalue weighted by Gasteiger charge is -2.37. The van der Waals surface area contributed by atoms with Crippen LogP contribution in [-0.4, -0.2) is 42.8 Å². The van der Waals surface area contributed by atoms with E-state index in [0.717, 1.165) is 53.9 Å². The Kier molecular flexibility index (Phi) is 7.31. The molecule has 6 rings (SSSR count). The van der Waals surface area contributed by atoms with E-state index in [1.165, 1.54) is 11.3 Å². The zero-order valence-electron chi connectivity index (χ0n) is 24.2. The van der Waals surface area contributed by atoms with Gasteiger partial charge in [-0.15, -0.1) is 11.3 Å². The van der Waals surface area contributed by atoms with Crippen molar-refractivity contribution in [2.75, 3.05) is 25.9 Å². The fourth-order valence-corrected chi connectivity index (χ4v) is 7.73. The van der Waals surface area contributed by atoms with E-state index in [4.69, 9.17) is 21.9 Å². The number of Topliss-reactive ketones (excluding diaryl/α,β-unsaturated/α-hetero) is 1. The van der Waals surface area contributed by atoms with Gasteiger partial charge in [-0.25, -0.2) is 0 Å². The number of aryl methyl sites for hydroxylation is 2. The second kappa shape index (κ2) is 10.8. The molecule has 1 aliphatic carbocycles. The second-order valence-corrected chi connectivity index (χ2v) is 12.5. The topological polar surface area (TPSA) is 137 Å². The highest BCUT2D eigenvalue weighted by molar-refractivity contribution is 7.21. The second-order valence-electron chi connectivity index (χ2n) is 11.5.